The molecule has 226 valence electrons. The summed E-state index contributed by atoms with van der Waals surface area (Å²) in [5.41, 5.74) is -6.14. The summed E-state index contributed by atoms with van der Waals surface area (Å²) in [5.74, 6) is -1.37. The number of benzene rings is 1. The summed E-state index contributed by atoms with van der Waals surface area (Å²) in [4.78, 5) is 26.4. The summed E-state index contributed by atoms with van der Waals surface area (Å²) in [6.45, 7) is 3.40. The predicted molar refractivity (Wildman–Crippen MR) is 131 cm³/mol. The number of carboxylic acid groups (broad SMARTS) is 1. The van der Waals surface area contributed by atoms with Crippen LogP contribution in [0, 0.1) is 5.41 Å². The molecule has 1 aromatic carbocycles. The Kier molecular flexibility index (Phi) is 8.19. The number of sulfonamides is 1. The van der Waals surface area contributed by atoms with Gasteiger partial charge in [0.25, 0.3) is 10.0 Å². The zero-order valence-electron chi connectivity index (χ0n) is 21.9. The number of halogens is 6. The number of aliphatic carboxylic acids is 1. The van der Waals surface area contributed by atoms with Crippen LogP contribution in [-0.4, -0.2) is 55.0 Å². The van der Waals surface area contributed by atoms with Crippen molar-refractivity contribution in [3.8, 4) is 5.75 Å². The standard InChI is InChI=1S/C24H25F6N3O7S/c1-21(2,19(34)35)9-15-12-33(41(37,38)16-7-13(10-31-11-16)23(25,26)27)17-8-14(5-6-18(17)39-15)32-20(36)40-22(3,4)24(28,29)30/h5-8,10-11,15H,9,12H2,1-4H3,(H,32,36)(H,34,35)/t15-/m0/s1. The number of alkyl halides is 6. The monoisotopic (exact) mass is 613 g/mol. The van der Waals surface area contributed by atoms with Crippen LogP contribution in [-0.2, 0) is 25.7 Å². The van der Waals surface area contributed by atoms with Crippen LogP contribution in [0.1, 0.15) is 39.7 Å². The van der Waals surface area contributed by atoms with Crippen LogP contribution in [0.15, 0.2) is 41.6 Å². The Bertz CT molecular complexity index is 1440. The molecule has 0 radical (unpaired) electrons. The first-order chi connectivity index (χ1) is 18.5. The van der Waals surface area contributed by atoms with Crippen molar-refractivity contribution >= 4 is 33.5 Å². The number of carbonyl (C=O) groups excluding carboxylic acids is 1. The minimum absolute atomic E-state index is 0.152. The first-order valence-corrected chi connectivity index (χ1v) is 13.1. The Balaban J connectivity index is 2.05. The maximum Gasteiger partial charge on any atom is 0.427 e. The van der Waals surface area contributed by atoms with Gasteiger partial charge in [-0.15, -0.1) is 0 Å². The van der Waals surface area contributed by atoms with Crippen molar-refractivity contribution in [3.05, 3.63) is 42.2 Å². The number of aromatic nitrogens is 1. The van der Waals surface area contributed by atoms with Crippen molar-refractivity contribution in [2.75, 3.05) is 16.2 Å². The third kappa shape index (κ3) is 6.94. The number of hydrogen-bond acceptors (Lipinski definition) is 7. The molecule has 0 spiro atoms. The van der Waals surface area contributed by atoms with Crippen molar-refractivity contribution in [3.63, 3.8) is 0 Å². The van der Waals surface area contributed by atoms with Crippen LogP contribution >= 0.6 is 0 Å². The van der Waals surface area contributed by atoms with Crippen molar-refractivity contribution in [2.45, 2.75) is 63.1 Å². The van der Waals surface area contributed by atoms with E-state index >= 15 is 0 Å². The van der Waals surface area contributed by atoms with Crippen LogP contribution in [0.2, 0.25) is 0 Å². The van der Waals surface area contributed by atoms with Gasteiger partial charge in [0.05, 0.1) is 23.2 Å². The molecule has 0 unspecified atom stereocenters. The van der Waals surface area contributed by atoms with Crippen LogP contribution in [0.5, 0.6) is 5.75 Å². The number of hydrogen-bond donors (Lipinski definition) is 2. The van der Waals surface area contributed by atoms with Gasteiger partial charge >= 0.3 is 24.4 Å². The van der Waals surface area contributed by atoms with E-state index in [1.807, 2.05) is 5.32 Å². The fourth-order valence-corrected chi connectivity index (χ4v) is 5.14. The molecular weight excluding hydrogens is 588 g/mol. The molecule has 41 heavy (non-hydrogen) atoms. The minimum atomic E-state index is -4.92. The lowest BCUT2D eigenvalue weighted by Gasteiger charge is -2.37. The van der Waals surface area contributed by atoms with Gasteiger partial charge in [0, 0.05) is 24.5 Å². The highest BCUT2D eigenvalue weighted by molar-refractivity contribution is 7.92. The number of nitrogens with zero attached hydrogens (tertiary/aromatic N) is 2. The van der Waals surface area contributed by atoms with Gasteiger partial charge < -0.3 is 14.6 Å². The second-order valence-electron chi connectivity index (χ2n) is 10.3. The highest BCUT2D eigenvalue weighted by atomic mass is 32.2. The SMILES string of the molecule is CC(C)(C[C@H]1CN(S(=O)(=O)c2cncc(C(F)(F)F)c2)c2cc(NC(=O)OC(C)(C)C(F)(F)F)ccc2O1)C(=O)O. The molecule has 2 heterocycles. The number of amides is 1. The topological polar surface area (TPSA) is 135 Å². The molecule has 0 saturated carbocycles. The van der Waals surface area contributed by atoms with Gasteiger partial charge in [0.1, 0.15) is 16.7 Å². The first kappa shape index (κ1) is 31.8. The number of carboxylic acids is 1. The van der Waals surface area contributed by atoms with Crippen LogP contribution < -0.4 is 14.4 Å². The van der Waals surface area contributed by atoms with Crippen molar-refractivity contribution in [2.24, 2.45) is 5.41 Å². The van der Waals surface area contributed by atoms with Gasteiger partial charge in [0.15, 0.2) is 0 Å². The first-order valence-electron chi connectivity index (χ1n) is 11.7. The largest absolute Gasteiger partial charge is 0.486 e. The molecular formula is C24H25F6N3O7S. The van der Waals surface area contributed by atoms with E-state index in [0.717, 1.165) is 18.2 Å². The van der Waals surface area contributed by atoms with E-state index in [1.54, 1.807) is 0 Å². The number of pyridine rings is 1. The molecule has 0 saturated heterocycles. The third-order valence-corrected chi connectivity index (χ3v) is 7.86. The summed E-state index contributed by atoms with van der Waals surface area (Å²) in [7, 11) is -4.81. The second-order valence-corrected chi connectivity index (χ2v) is 12.1. The number of ether oxygens (including phenoxy) is 2. The van der Waals surface area contributed by atoms with E-state index in [1.165, 1.54) is 13.8 Å². The molecule has 1 aromatic heterocycles. The van der Waals surface area contributed by atoms with E-state index in [0.29, 0.717) is 36.6 Å². The lowest BCUT2D eigenvalue weighted by molar-refractivity contribution is -0.242. The molecule has 2 N–H and O–H groups in total. The highest BCUT2D eigenvalue weighted by Crippen LogP contribution is 2.42. The number of carbonyl (C=O) groups is 2. The molecule has 3 rings (SSSR count). The van der Waals surface area contributed by atoms with Crippen molar-refractivity contribution in [1.29, 1.82) is 0 Å². The maximum absolute atomic E-state index is 13.6. The van der Waals surface area contributed by atoms with Gasteiger partial charge in [-0.2, -0.15) is 26.3 Å². The molecule has 17 heteroatoms. The molecule has 0 fully saturated rings. The Hall–Kier alpha value is -3.76. The average molecular weight is 614 g/mol. The zero-order chi connectivity index (χ0) is 31.2. The van der Waals surface area contributed by atoms with E-state index in [-0.39, 0.29) is 23.5 Å². The number of anilines is 2. The van der Waals surface area contributed by atoms with Gasteiger partial charge in [0.2, 0.25) is 5.60 Å². The number of fused-ring (bicyclic) bond motifs is 1. The molecule has 0 bridgehead atoms. The van der Waals surface area contributed by atoms with Crippen LogP contribution in [0.25, 0.3) is 0 Å². The van der Waals surface area contributed by atoms with Gasteiger partial charge in [-0.25, -0.2) is 13.2 Å². The summed E-state index contributed by atoms with van der Waals surface area (Å²) in [6.07, 6.45) is -11.5. The Morgan fingerprint density at radius 2 is 1.73 bits per heavy atom. The molecule has 1 aliphatic rings. The van der Waals surface area contributed by atoms with Crippen molar-refractivity contribution < 1.29 is 58.9 Å². The minimum Gasteiger partial charge on any atom is -0.486 e. The highest BCUT2D eigenvalue weighted by Gasteiger charge is 2.51. The lowest BCUT2D eigenvalue weighted by atomic mass is 9.86. The number of rotatable bonds is 7. The number of nitrogens with one attached hydrogen (secondary N) is 1. The Labute approximate surface area is 230 Å². The summed E-state index contributed by atoms with van der Waals surface area (Å²) in [6, 6.07) is 3.69. The maximum atomic E-state index is 13.6. The fraction of sp³-hybridized carbons (Fsp3) is 0.458. The van der Waals surface area contributed by atoms with Crippen LogP contribution in [0.3, 0.4) is 0 Å². The summed E-state index contributed by atoms with van der Waals surface area (Å²) < 4.78 is 117. The van der Waals surface area contributed by atoms with Gasteiger partial charge in [-0.1, -0.05) is 0 Å². The van der Waals surface area contributed by atoms with E-state index in [2.05, 4.69) is 9.72 Å². The smallest absolute Gasteiger partial charge is 0.427 e. The molecule has 10 nitrogen and oxygen atoms in total. The molecule has 0 aliphatic carbocycles. The van der Waals surface area contributed by atoms with Crippen molar-refractivity contribution in [1.82, 2.24) is 4.98 Å². The second kappa shape index (κ2) is 10.6. The Morgan fingerprint density at radius 3 is 2.29 bits per heavy atom. The van der Waals surface area contributed by atoms with Gasteiger partial charge in [-0.05, 0) is 52.0 Å². The molecule has 2 aromatic rings. The van der Waals surface area contributed by atoms with E-state index in [4.69, 9.17) is 4.74 Å². The van der Waals surface area contributed by atoms with E-state index in [9.17, 15) is 49.5 Å². The Morgan fingerprint density at radius 1 is 1.10 bits per heavy atom. The summed E-state index contributed by atoms with van der Waals surface area (Å²) in [5, 5.41) is 11.6. The quantitative estimate of drug-likeness (QED) is 0.394. The fourth-order valence-electron chi connectivity index (χ4n) is 3.66. The summed E-state index contributed by atoms with van der Waals surface area (Å²) >= 11 is 0. The molecule has 1 aliphatic heterocycles. The zero-order valence-corrected chi connectivity index (χ0v) is 22.7. The lowest BCUT2D eigenvalue weighted by Crippen LogP contribution is -2.46. The molecule has 1 atom stereocenters. The molecule has 1 amide bonds. The predicted octanol–water partition coefficient (Wildman–Crippen LogP) is 5.45. The van der Waals surface area contributed by atoms with E-state index < -0.39 is 68.6 Å². The van der Waals surface area contributed by atoms with Gasteiger partial charge in [-0.3, -0.25) is 19.4 Å². The average Bonchev–Trinajstić information content (AvgIpc) is 2.81. The normalized spacial score (nSPS) is 16.4. The third-order valence-electron chi connectivity index (χ3n) is 6.11. The van der Waals surface area contributed by atoms with Crippen LogP contribution in [0.4, 0.5) is 42.5 Å².